The summed E-state index contributed by atoms with van der Waals surface area (Å²) in [6.45, 7) is 1.88. The van der Waals surface area contributed by atoms with Crippen LogP contribution in [0.5, 0.6) is 0 Å². The predicted molar refractivity (Wildman–Crippen MR) is 114 cm³/mol. The van der Waals surface area contributed by atoms with E-state index < -0.39 is 17.9 Å². The molecule has 0 fully saturated rings. The Morgan fingerprint density at radius 1 is 1.07 bits per heavy atom. The molecule has 2 unspecified atom stereocenters. The van der Waals surface area contributed by atoms with Gasteiger partial charge in [-0.25, -0.2) is 0 Å². The molecule has 2 aromatic carbocycles. The molecule has 1 heterocycles. The minimum atomic E-state index is -0.835. The van der Waals surface area contributed by atoms with Crippen molar-refractivity contribution in [2.75, 3.05) is 12.0 Å². The first-order valence-corrected chi connectivity index (χ1v) is 11.1. The number of halogens is 1. The van der Waals surface area contributed by atoms with E-state index in [-0.39, 0.29) is 11.9 Å². The van der Waals surface area contributed by atoms with Crippen LogP contribution >= 0.6 is 27.7 Å². The molecule has 0 saturated carbocycles. The highest BCUT2D eigenvalue weighted by molar-refractivity contribution is 9.10. The van der Waals surface area contributed by atoms with E-state index in [1.165, 1.54) is 0 Å². The Morgan fingerprint density at radius 3 is 2.18 bits per heavy atom. The Labute approximate surface area is 177 Å². The fourth-order valence-electron chi connectivity index (χ4n) is 3.24. The smallest absolute Gasteiger partial charge is 0.262 e. The SMILES string of the molecule is CSCCC(C(=O)NC(C)c1ccc(Br)cc1)N1C(=O)c2ccccc2C1=O. The van der Waals surface area contributed by atoms with E-state index in [0.29, 0.717) is 23.3 Å². The van der Waals surface area contributed by atoms with Crippen molar-refractivity contribution in [3.05, 3.63) is 69.7 Å². The number of hydrogen-bond acceptors (Lipinski definition) is 4. The van der Waals surface area contributed by atoms with Gasteiger partial charge in [-0.15, -0.1) is 0 Å². The van der Waals surface area contributed by atoms with Crippen LogP contribution in [0.15, 0.2) is 53.0 Å². The van der Waals surface area contributed by atoms with E-state index in [9.17, 15) is 14.4 Å². The molecular formula is C21H21BrN2O3S. The number of fused-ring (bicyclic) bond motifs is 1. The molecule has 1 N–H and O–H groups in total. The van der Waals surface area contributed by atoms with Gasteiger partial charge in [-0.05, 0) is 55.2 Å². The number of nitrogens with one attached hydrogen (secondary N) is 1. The molecular weight excluding hydrogens is 440 g/mol. The summed E-state index contributed by atoms with van der Waals surface area (Å²) in [4.78, 5) is 39.8. The lowest BCUT2D eigenvalue weighted by Gasteiger charge is -2.27. The third-order valence-electron chi connectivity index (χ3n) is 4.76. The van der Waals surface area contributed by atoms with Crippen LogP contribution in [0.2, 0.25) is 0 Å². The van der Waals surface area contributed by atoms with Crippen molar-refractivity contribution in [3.63, 3.8) is 0 Å². The highest BCUT2D eigenvalue weighted by Crippen LogP contribution is 2.27. The number of hydrogen-bond donors (Lipinski definition) is 1. The molecule has 0 aliphatic carbocycles. The monoisotopic (exact) mass is 460 g/mol. The van der Waals surface area contributed by atoms with Crippen molar-refractivity contribution in [2.24, 2.45) is 0 Å². The van der Waals surface area contributed by atoms with E-state index in [1.807, 2.05) is 37.4 Å². The summed E-state index contributed by atoms with van der Waals surface area (Å²) in [5.74, 6) is -0.465. The van der Waals surface area contributed by atoms with E-state index in [1.54, 1.807) is 36.0 Å². The number of carbonyl (C=O) groups excluding carboxylic acids is 3. The van der Waals surface area contributed by atoms with Gasteiger partial charge in [-0.2, -0.15) is 11.8 Å². The van der Waals surface area contributed by atoms with Crippen molar-refractivity contribution in [2.45, 2.75) is 25.4 Å². The Hall–Kier alpha value is -2.12. The molecule has 1 aliphatic heterocycles. The molecule has 2 atom stereocenters. The molecule has 28 heavy (non-hydrogen) atoms. The van der Waals surface area contributed by atoms with Crippen molar-refractivity contribution in [3.8, 4) is 0 Å². The van der Waals surface area contributed by atoms with Gasteiger partial charge >= 0.3 is 0 Å². The fraction of sp³-hybridized carbons (Fsp3) is 0.286. The topological polar surface area (TPSA) is 66.5 Å². The summed E-state index contributed by atoms with van der Waals surface area (Å²) in [7, 11) is 0. The molecule has 0 radical (unpaired) electrons. The second-order valence-corrected chi connectivity index (χ2v) is 8.51. The Balaban J connectivity index is 1.82. The lowest BCUT2D eigenvalue weighted by atomic mass is 10.1. The van der Waals surface area contributed by atoms with Gasteiger partial charge in [-0.1, -0.05) is 40.2 Å². The zero-order valence-corrected chi connectivity index (χ0v) is 18.0. The van der Waals surface area contributed by atoms with Crippen LogP contribution in [0.3, 0.4) is 0 Å². The van der Waals surface area contributed by atoms with E-state index in [0.717, 1.165) is 14.9 Å². The van der Waals surface area contributed by atoms with Gasteiger partial charge < -0.3 is 5.32 Å². The molecule has 0 aromatic heterocycles. The molecule has 3 amide bonds. The Kier molecular flexibility index (Phi) is 6.57. The molecule has 2 aromatic rings. The van der Waals surface area contributed by atoms with Crippen molar-refractivity contribution >= 4 is 45.4 Å². The number of nitrogens with zero attached hydrogens (tertiary/aromatic N) is 1. The van der Waals surface area contributed by atoms with Crippen LogP contribution in [0.1, 0.15) is 45.7 Å². The fourth-order valence-corrected chi connectivity index (χ4v) is 3.97. The van der Waals surface area contributed by atoms with Gasteiger partial charge in [0.15, 0.2) is 0 Å². The van der Waals surface area contributed by atoms with Gasteiger partial charge in [0.05, 0.1) is 17.2 Å². The van der Waals surface area contributed by atoms with Crippen molar-refractivity contribution in [1.29, 1.82) is 0 Å². The van der Waals surface area contributed by atoms with Gasteiger partial charge in [0.25, 0.3) is 11.8 Å². The van der Waals surface area contributed by atoms with Crippen molar-refractivity contribution < 1.29 is 14.4 Å². The number of imide groups is 1. The van der Waals surface area contributed by atoms with Crippen LogP contribution in [0, 0.1) is 0 Å². The summed E-state index contributed by atoms with van der Waals surface area (Å²) in [6, 6.07) is 13.3. The molecule has 5 nitrogen and oxygen atoms in total. The molecule has 7 heteroatoms. The molecule has 3 rings (SSSR count). The number of rotatable bonds is 7. The second-order valence-electron chi connectivity index (χ2n) is 6.60. The minimum absolute atomic E-state index is 0.243. The standard InChI is InChI=1S/C21H21BrN2O3S/c1-13(14-7-9-15(22)10-8-14)23-19(25)18(11-12-28-2)24-20(26)16-5-3-4-6-17(16)21(24)27/h3-10,13,18H,11-12H2,1-2H3,(H,23,25). The van der Waals surface area contributed by atoms with Gasteiger partial charge in [-0.3, -0.25) is 19.3 Å². The highest BCUT2D eigenvalue weighted by Gasteiger charge is 2.42. The maximum Gasteiger partial charge on any atom is 0.262 e. The van der Waals surface area contributed by atoms with E-state index >= 15 is 0 Å². The van der Waals surface area contributed by atoms with E-state index in [2.05, 4.69) is 21.2 Å². The van der Waals surface area contributed by atoms with Crippen LogP contribution < -0.4 is 5.32 Å². The summed E-state index contributed by atoms with van der Waals surface area (Å²) in [5, 5.41) is 2.96. The predicted octanol–water partition coefficient (Wildman–Crippen LogP) is 4.04. The molecule has 0 spiro atoms. The first-order valence-electron chi connectivity index (χ1n) is 8.95. The van der Waals surface area contributed by atoms with Gasteiger partial charge in [0.1, 0.15) is 6.04 Å². The summed E-state index contributed by atoms with van der Waals surface area (Å²) in [6.07, 6.45) is 2.34. The Bertz CT molecular complexity index is 866. The zero-order chi connectivity index (χ0) is 20.3. The third-order valence-corrected chi connectivity index (χ3v) is 5.94. The molecule has 1 aliphatic rings. The van der Waals surface area contributed by atoms with Gasteiger partial charge in [0.2, 0.25) is 5.91 Å². The quantitative estimate of drug-likeness (QED) is 0.632. The number of carbonyl (C=O) groups is 3. The van der Waals surface area contributed by atoms with Crippen LogP contribution in [0.25, 0.3) is 0 Å². The second kappa shape index (κ2) is 8.92. The summed E-state index contributed by atoms with van der Waals surface area (Å²) >= 11 is 4.97. The highest BCUT2D eigenvalue weighted by atomic mass is 79.9. The lowest BCUT2D eigenvalue weighted by molar-refractivity contribution is -0.125. The molecule has 0 bridgehead atoms. The lowest BCUT2D eigenvalue weighted by Crippen LogP contribution is -2.50. The maximum absolute atomic E-state index is 13.1. The number of amides is 3. The zero-order valence-electron chi connectivity index (χ0n) is 15.6. The van der Waals surface area contributed by atoms with Crippen LogP contribution in [-0.4, -0.2) is 40.7 Å². The molecule has 0 saturated heterocycles. The summed E-state index contributed by atoms with van der Waals surface area (Å²) in [5.41, 5.74) is 1.66. The average Bonchev–Trinajstić information content (AvgIpc) is 2.94. The molecule has 146 valence electrons. The first-order chi connectivity index (χ1) is 13.4. The number of thioether (sulfide) groups is 1. The summed E-state index contributed by atoms with van der Waals surface area (Å²) < 4.78 is 0.957. The van der Waals surface area contributed by atoms with E-state index in [4.69, 9.17) is 0 Å². The Morgan fingerprint density at radius 2 is 1.64 bits per heavy atom. The average molecular weight is 461 g/mol. The maximum atomic E-state index is 13.1. The van der Waals surface area contributed by atoms with Gasteiger partial charge in [0, 0.05) is 4.47 Å². The van der Waals surface area contributed by atoms with Crippen LogP contribution in [0.4, 0.5) is 0 Å². The van der Waals surface area contributed by atoms with Crippen molar-refractivity contribution in [1.82, 2.24) is 10.2 Å². The third kappa shape index (κ3) is 4.15. The van der Waals surface area contributed by atoms with Crippen LogP contribution in [-0.2, 0) is 4.79 Å². The largest absolute Gasteiger partial charge is 0.348 e. The first kappa shape index (κ1) is 20.6. The minimum Gasteiger partial charge on any atom is -0.348 e. The number of benzene rings is 2. The normalized spacial score (nSPS) is 15.3.